The Balaban J connectivity index is 1.59. The Bertz CT molecular complexity index is 1480. The van der Waals surface area contributed by atoms with E-state index in [1.165, 1.54) is 30.4 Å². The molecule has 1 aliphatic heterocycles. The van der Waals surface area contributed by atoms with Crippen molar-refractivity contribution in [1.82, 2.24) is 29.5 Å². The molecule has 0 saturated heterocycles. The Labute approximate surface area is 197 Å². The molecule has 1 atom stereocenters. The summed E-state index contributed by atoms with van der Waals surface area (Å²) < 4.78 is 50.0. The normalized spacial score (nSPS) is 14.7. The molecule has 0 fully saturated rings. The number of nitrogen functional groups attached to an aromatic ring is 1. The fourth-order valence-corrected chi connectivity index (χ4v) is 4.06. The van der Waals surface area contributed by atoms with E-state index in [-0.39, 0.29) is 30.1 Å². The molecule has 180 valence electrons. The van der Waals surface area contributed by atoms with Crippen molar-refractivity contribution < 1.29 is 17.9 Å². The van der Waals surface area contributed by atoms with Crippen molar-refractivity contribution in [3.05, 3.63) is 66.3 Å². The maximum absolute atomic E-state index is 14.4. The Morgan fingerprint density at radius 1 is 1.14 bits per heavy atom. The van der Waals surface area contributed by atoms with Gasteiger partial charge in [-0.15, -0.1) is 5.10 Å². The van der Waals surface area contributed by atoms with E-state index in [0.29, 0.717) is 28.8 Å². The summed E-state index contributed by atoms with van der Waals surface area (Å²) in [6, 6.07) is 2.83. The Hall–Kier alpha value is -4.42. The van der Waals surface area contributed by atoms with E-state index in [1.807, 2.05) is 11.5 Å². The molecule has 4 heterocycles. The van der Waals surface area contributed by atoms with Crippen LogP contribution in [-0.2, 0) is 4.74 Å². The van der Waals surface area contributed by atoms with Gasteiger partial charge in [-0.2, -0.15) is 4.39 Å². The summed E-state index contributed by atoms with van der Waals surface area (Å²) in [5, 5.41) is 8.76. The minimum Gasteiger partial charge on any atom is -0.479 e. The van der Waals surface area contributed by atoms with Crippen LogP contribution in [0.2, 0.25) is 0 Å². The summed E-state index contributed by atoms with van der Waals surface area (Å²) in [7, 11) is 1.34. The third kappa shape index (κ3) is 3.84. The van der Waals surface area contributed by atoms with E-state index in [4.69, 9.17) is 10.5 Å². The fraction of sp³-hybridized carbons (Fsp3) is 0.227. The zero-order chi connectivity index (χ0) is 24.7. The van der Waals surface area contributed by atoms with Crippen molar-refractivity contribution in [1.29, 1.82) is 0 Å². The van der Waals surface area contributed by atoms with E-state index < -0.39 is 17.5 Å². The van der Waals surface area contributed by atoms with Crippen LogP contribution in [0.5, 0.6) is 0 Å². The number of fused-ring (bicyclic) bond motifs is 1. The lowest BCUT2D eigenvalue weighted by Crippen LogP contribution is -2.24. The number of benzene rings is 1. The number of aliphatic imine (C=N–C) groups is 1. The van der Waals surface area contributed by atoms with Crippen LogP contribution in [0.15, 0.2) is 53.9 Å². The zero-order valence-corrected chi connectivity index (χ0v) is 18.7. The van der Waals surface area contributed by atoms with Crippen LogP contribution in [0, 0.1) is 11.6 Å². The Morgan fingerprint density at radius 2 is 1.97 bits per heavy atom. The first-order valence-electron chi connectivity index (χ1n) is 10.6. The Morgan fingerprint density at radius 3 is 2.69 bits per heavy atom. The molecular formula is C22H20F3N9O. The molecule has 13 heteroatoms. The van der Waals surface area contributed by atoms with E-state index >= 15 is 0 Å². The van der Waals surface area contributed by atoms with E-state index in [9.17, 15) is 13.2 Å². The molecule has 0 amide bonds. The monoisotopic (exact) mass is 483 g/mol. The van der Waals surface area contributed by atoms with Gasteiger partial charge < -0.3 is 19.9 Å². The van der Waals surface area contributed by atoms with Gasteiger partial charge in [0.1, 0.15) is 41.7 Å². The fourth-order valence-electron chi connectivity index (χ4n) is 4.06. The van der Waals surface area contributed by atoms with E-state index in [0.717, 1.165) is 12.1 Å². The van der Waals surface area contributed by atoms with Gasteiger partial charge >= 0.3 is 0 Å². The van der Waals surface area contributed by atoms with Crippen LogP contribution in [0.1, 0.15) is 25.1 Å². The lowest BCUT2D eigenvalue weighted by atomic mass is 10.1. The van der Waals surface area contributed by atoms with Gasteiger partial charge in [-0.05, 0) is 18.6 Å². The summed E-state index contributed by atoms with van der Waals surface area (Å²) in [5.41, 5.74) is 7.80. The summed E-state index contributed by atoms with van der Waals surface area (Å²) in [6.45, 7) is 2.04. The molecule has 0 radical (unpaired) electrons. The highest BCUT2D eigenvalue weighted by atomic mass is 19.1. The van der Waals surface area contributed by atoms with Gasteiger partial charge in [-0.1, -0.05) is 12.1 Å². The van der Waals surface area contributed by atoms with Crippen molar-refractivity contribution in [3.8, 4) is 5.69 Å². The maximum Gasteiger partial charge on any atom is 0.248 e. The van der Waals surface area contributed by atoms with Gasteiger partial charge in [0, 0.05) is 18.5 Å². The average Bonchev–Trinajstić information content (AvgIpc) is 3.46. The van der Waals surface area contributed by atoms with Crippen molar-refractivity contribution in [2.75, 3.05) is 24.4 Å². The molecule has 10 nitrogen and oxygen atoms in total. The molecule has 0 spiro atoms. The second kappa shape index (κ2) is 8.74. The molecule has 0 bridgehead atoms. The number of halogens is 3. The molecular weight excluding hydrogens is 463 g/mol. The predicted molar refractivity (Wildman–Crippen MR) is 123 cm³/mol. The average molecular weight is 483 g/mol. The second-order valence-corrected chi connectivity index (χ2v) is 7.74. The largest absolute Gasteiger partial charge is 0.479 e. The number of aromatic nitrogens is 6. The highest BCUT2D eigenvalue weighted by molar-refractivity contribution is 6.00. The van der Waals surface area contributed by atoms with Gasteiger partial charge in [-0.25, -0.2) is 28.4 Å². The first kappa shape index (κ1) is 22.4. The Kier molecular flexibility index (Phi) is 5.59. The molecule has 1 unspecified atom stereocenters. The molecule has 2 N–H and O–H groups in total. The summed E-state index contributed by atoms with van der Waals surface area (Å²) in [5.74, 6) is -1.96. The number of anilines is 2. The summed E-state index contributed by atoms with van der Waals surface area (Å²) in [4.78, 5) is 14.2. The third-order valence-corrected chi connectivity index (χ3v) is 5.69. The topological polar surface area (TPSA) is 112 Å². The van der Waals surface area contributed by atoms with Gasteiger partial charge in [0.15, 0.2) is 5.82 Å². The lowest BCUT2D eigenvalue weighted by Gasteiger charge is -2.21. The number of methoxy groups -OCH3 is 1. The number of hydrogen-bond acceptors (Lipinski definition) is 8. The number of ether oxygens (including phenoxy) is 1. The molecule has 0 saturated carbocycles. The smallest absolute Gasteiger partial charge is 0.248 e. The van der Waals surface area contributed by atoms with Crippen molar-refractivity contribution in [2.24, 2.45) is 4.99 Å². The van der Waals surface area contributed by atoms with Gasteiger partial charge in [0.05, 0.1) is 30.4 Å². The number of hydrogen-bond donors (Lipinski definition) is 1. The van der Waals surface area contributed by atoms with Gasteiger partial charge in [0.2, 0.25) is 11.7 Å². The minimum atomic E-state index is -0.765. The molecule has 4 aromatic rings. The van der Waals surface area contributed by atoms with Gasteiger partial charge in [0.25, 0.3) is 0 Å². The van der Waals surface area contributed by atoms with Crippen LogP contribution in [0.3, 0.4) is 0 Å². The van der Waals surface area contributed by atoms with Crippen molar-refractivity contribution >= 4 is 28.4 Å². The maximum atomic E-state index is 14.4. The molecule has 5 rings (SSSR count). The summed E-state index contributed by atoms with van der Waals surface area (Å²) >= 11 is 0. The minimum absolute atomic E-state index is 0.0605. The number of nitrogens with zero attached hydrogens (tertiary/aromatic N) is 8. The predicted octanol–water partition coefficient (Wildman–Crippen LogP) is 3.51. The van der Waals surface area contributed by atoms with Crippen molar-refractivity contribution in [2.45, 2.75) is 19.4 Å². The van der Waals surface area contributed by atoms with Crippen LogP contribution < -0.4 is 10.6 Å². The quantitative estimate of drug-likeness (QED) is 0.462. The highest BCUT2D eigenvalue weighted by Gasteiger charge is 2.26. The van der Waals surface area contributed by atoms with Crippen LogP contribution in [0.4, 0.5) is 24.7 Å². The SMILES string of the molecule is CCC(c1cn(-c2ccc(F)cc2F)nn1)n1cc(N2C=C(F)C(OC)=NC2)c2c(N)ncnc21. The molecule has 1 aliphatic rings. The standard InChI is InChI=1S/C22H20F3N9O/c1-3-16(15-8-34(31-30-15)17-5-4-12(23)6-13(17)24)33-9-18(19-20(26)27-10-28-21(19)33)32-7-14(25)22(35-2)29-11-32/h4-10,16H,3,11H2,1-2H3,(H2,26,27,28). The zero-order valence-electron chi connectivity index (χ0n) is 18.7. The first-order valence-corrected chi connectivity index (χ1v) is 10.6. The van der Waals surface area contributed by atoms with Crippen LogP contribution in [0.25, 0.3) is 16.7 Å². The summed E-state index contributed by atoms with van der Waals surface area (Å²) in [6.07, 6.45) is 6.50. The second-order valence-electron chi connectivity index (χ2n) is 7.74. The number of nitrogens with two attached hydrogens (primary N) is 1. The van der Waals surface area contributed by atoms with Crippen molar-refractivity contribution in [3.63, 3.8) is 0 Å². The number of rotatable bonds is 5. The van der Waals surface area contributed by atoms with Crippen LogP contribution >= 0.6 is 0 Å². The third-order valence-electron chi connectivity index (χ3n) is 5.69. The molecule has 0 aliphatic carbocycles. The molecule has 3 aromatic heterocycles. The van der Waals surface area contributed by atoms with Gasteiger partial charge in [-0.3, -0.25) is 0 Å². The highest BCUT2D eigenvalue weighted by Crippen LogP contribution is 2.36. The van der Waals surface area contributed by atoms with E-state index in [1.54, 1.807) is 17.3 Å². The van der Waals surface area contributed by atoms with Crippen LogP contribution in [-0.4, -0.2) is 49.2 Å². The molecule has 35 heavy (non-hydrogen) atoms. The van der Waals surface area contributed by atoms with E-state index in [2.05, 4.69) is 25.3 Å². The lowest BCUT2D eigenvalue weighted by molar-refractivity contribution is 0.385. The first-order chi connectivity index (χ1) is 16.9. The molecule has 1 aromatic carbocycles.